The normalized spacial score (nSPS) is 19.5. The minimum Gasteiger partial charge on any atom is -0.497 e. The average molecular weight is 413 g/mol. The van der Waals surface area contributed by atoms with E-state index in [9.17, 15) is 4.79 Å². The third-order valence-corrected chi connectivity index (χ3v) is 5.83. The molecular formula is C17H22N3O5S2+. The van der Waals surface area contributed by atoms with Crippen molar-refractivity contribution in [3.05, 3.63) is 23.0 Å². The first kappa shape index (κ1) is 19.7. The van der Waals surface area contributed by atoms with Crippen molar-refractivity contribution < 1.29 is 28.3 Å². The smallest absolute Gasteiger partial charge is 0.324 e. The Bertz CT molecular complexity index is 866. The monoisotopic (exact) mass is 412 g/mol. The molecule has 0 radical (unpaired) electrons. The molecule has 1 aromatic carbocycles. The first-order valence-corrected chi connectivity index (χ1v) is 9.84. The highest BCUT2D eigenvalue weighted by Crippen LogP contribution is 2.32. The van der Waals surface area contributed by atoms with Gasteiger partial charge in [0.05, 0.1) is 33.4 Å². The number of hydrogen-bond acceptors (Lipinski definition) is 8. The van der Waals surface area contributed by atoms with Crippen molar-refractivity contribution in [1.29, 1.82) is 0 Å². The number of aromatic nitrogens is 2. The molecule has 1 saturated heterocycles. The van der Waals surface area contributed by atoms with Crippen LogP contribution in [0, 0.1) is 4.84 Å². The molecule has 0 amide bonds. The van der Waals surface area contributed by atoms with Crippen LogP contribution in [-0.4, -0.2) is 61.2 Å². The van der Waals surface area contributed by atoms with Crippen molar-refractivity contribution in [2.24, 2.45) is 0 Å². The second-order valence-electron chi connectivity index (χ2n) is 5.98. The molecule has 1 aliphatic rings. The third kappa shape index (κ3) is 4.45. The van der Waals surface area contributed by atoms with E-state index in [4.69, 9.17) is 30.8 Å². The lowest BCUT2D eigenvalue weighted by Crippen LogP contribution is -3.14. The topological polar surface area (TPSA) is 80.2 Å². The van der Waals surface area contributed by atoms with Crippen molar-refractivity contribution in [2.75, 3.05) is 40.2 Å². The van der Waals surface area contributed by atoms with Crippen LogP contribution in [-0.2, 0) is 16.2 Å². The maximum Gasteiger partial charge on any atom is 0.324 e. The van der Waals surface area contributed by atoms with Gasteiger partial charge >= 0.3 is 5.97 Å². The Kier molecular flexibility index (Phi) is 6.40. The fourth-order valence-corrected chi connectivity index (χ4v) is 4.36. The predicted molar refractivity (Wildman–Crippen MR) is 103 cm³/mol. The minimum absolute atomic E-state index is 0.166. The highest BCUT2D eigenvalue weighted by molar-refractivity contribution is 8.00. The van der Waals surface area contributed by atoms with Crippen molar-refractivity contribution in [2.45, 2.75) is 11.9 Å². The first-order valence-electron chi connectivity index (χ1n) is 8.39. The number of hydrogen-bond donors (Lipinski definition) is 1. The van der Waals surface area contributed by atoms with E-state index in [0.717, 1.165) is 12.3 Å². The Labute approximate surface area is 166 Å². The van der Waals surface area contributed by atoms with E-state index in [1.165, 1.54) is 12.0 Å². The quantitative estimate of drug-likeness (QED) is 0.557. The van der Waals surface area contributed by atoms with Gasteiger partial charge in [0.1, 0.15) is 18.0 Å². The second-order valence-corrected chi connectivity index (χ2v) is 7.64. The zero-order valence-corrected chi connectivity index (χ0v) is 17.0. The van der Waals surface area contributed by atoms with Gasteiger partial charge in [-0.1, -0.05) is 0 Å². The summed E-state index contributed by atoms with van der Waals surface area (Å²) in [5.41, 5.74) is 0.694. The fourth-order valence-electron chi connectivity index (χ4n) is 2.90. The summed E-state index contributed by atoms with van der Waals surface area (Å²) in [6.07, 6.45) is 0. The van der Waals surface area contributed by atoms with Crippen LogP contribution in [0.4, 0.5) is 0 Å². The van der Waals surface area contributed by atoms with Gasteiger partial charge in [-0.05, 0) is 24.4 Å². The van der Waals surface area contributed by atoms with E-state index < -0.39 is 0 Å². The van der Waals surface area contributed by atoms with Gasteiger partial charge in [-0.3, -0.25) is 4.79 Å². The molecule has 1 aromatic heterocycles. The van der Waals surface area contributed by atoms with Gasteiger partial charge in [-0.2, -0.15) is 4.68 Å². The van der Waals surface area contributed by atoms with Crippen LogP contribution in [0.5, 0.6) is 11.5 Å². The van der Waals surface area contributed by atoms with Crippen LogP contribution in [0.1, 0.15) is 0 Å². The molecule has 1 aliphatic heterocycles. The predicted octanol–water partition coefficient (Wildman–Crippen LogP) is 1.02. The van der Waals surface area contributed by atoms with Gasteiger partial charge in [0, 0.05) is 11.8 Å². The number of quaternary nitrogens is 1. The molecule has 2 heterocycles. The molecule has 0 bridgehead atoms. The number of carbonyl (C=O) groups is 1. The fraction of sp³-hybridized carbons (Fsp3) is 0.471. The Hall–Kier alpha value is -2.04. The molecule has 0 saturated carbocycles. The van der Waals surface area contributed by atoms with Crippen molar-refractivity contribution >= 4 is 29.9 Å². The molecule has 1 N–H and O–H groups in total. The number of nitrogens with one attached hydrogen (secondary N) is 1. The van der Waals surface area contributed by atoms with E-state index in [2.05, 4.69) is 5.10 Å². The Morgan fingerprint density at radius 3 is 2.93 bits per heavy atom. The maximum atomic E-state index is 11.8. The molecule has 1 unspecified atom stereocenters. The van der Waals surface area contributed by atoms with Gasteiger partial charge in [0.2, 0.25) is 0 Å². The Morgan fingerprint density at radius 1 is 1.41 bits per heavy atom. The van der Waals surface area contributed by atoms with Crippen LogP contribution in [0.3, 0.4) is 0 Å². The average Bonchev–Trinajstić information content (AvgIpc) is 3.07. The summed E-state index contributed by atoms with van der Waals surface area (Å²) in [4.78, 5) is 13.3. The lowest BCUT2D eigenvalue weighted by Gasteiger charge is -2.27. The third-order valence-electron chi connectivity index (χ3n) is 4.33. The number of ether oxygens (including phenoxy) is 3. The van der Waals surface area contributed by atoms with Crippen LogP contribution in [0.15, 0.2) is 22.6 Å². The van der Waals surface area contributed by atoms with Crippen molar-refractivity contribution in [3.8, 4) is 23.0 Å². The number of benzene rings is 1. The zero-order chi connectivity index (χ0) is 19.4. The molecule has 3 rings (SSSR count). The number of methoxy groups -OCH3 is 3. The minimum atomic E-state index is -0.190. The lowest BCUT2D eigenvalue weighted by molar-refractivity contribution is -0.921. The summed E-state index contributed by atoms with van der Waals surface area (Å²) in [7, 11) is 4.59. The first-order chi connectivity index (χ1) is 13.0. The van der Waals surface area contributed by atoms with Gasteiger partial charge in [0.25, 0.3) is 10.7 Å². The number of nitrogens with zero attached hydrogens (tertiary/aromatic N) is 2. The van der Waals surface area contributed by atoms with Crippen molar-refractivity contribution in [1.82, 2.24) is 9.78 Å². The standard InChI is InChI=1S/C17H21N3O5S2/c1-22-11-4-5-12(13(8-11)23-2)15-18-20(17(26)25-15)10-19-6-7-27-14(9-19)16(21)24-3/h4-5,8,14H,6-7,9-10H2,1-3H3/p+1/t14-/m0/s1. The van der Waals surface area contributed by atoms with E-state index in [0.29, 0.717) is 36.2 Å². The molecule has 146 valence electrons. The highest BCUT2D eigenvalue weighted by Gasteiger charge is 2.30. The van der Waals surface area contributed by atoms with Crippen LogP contribution in [0.25, 0.3) is 11.5 Å². The summed E-state index contributed by atoms with van der Waals surface area (Å²) >= 11 is 6.95. The summed E-state index contributed by atoms with van der Waals surface area (Å²) in [6, 6.07) is 5.39. The van der Waals surface area contributed by atoms with Gasteiger partial charge in [-0.15, -0.1) is 16.9 Å². The molecule has 2 atom stereocenters. The summed E-state index contributed by atoms with van der Waals surface area (Å²) in [6.45, 7) is 2.09. The van der Waals surface area contributed by atoms with E-state index >= 15 is 0 Å². The van der Waals surface area contributed by atoms with E-state index in [-0.39, 0.29) is 16.1 Å². The highest BCUT2D eigenvalue weighted by atomic mass is 32.2. The van der Waals surface area contributed by atoms with Crippen LogP contribution >= 0.6 is 24.0 Å². The molecule has 27 heavy (non-hydrogen) atoms. The van der Waals surface area contributed by atoms with Crippen molar-refractivity contribution in [3.63, 3.8) is 0 Å². The second kappa shape index (κ2) is 8.77. The maximum absolute atomic E-state index is 11.8. The number of carbonyl (C=O) groups excluding carboxylic acids is 1. The van der Waals surface area contributed by atoms with Crippen LogP contribution < -0.4 is 14.4 Å². The number of rotatable bonds is 6. The van der Waals surface area contributed by atoms with Gasteiger partial charge < -0.3 is 23.5 Å². The molecule has 2 aromatic rings. The molecule has 8 nitrogen and oxygen atoms in total. The van der Waals surface area contributed by atoms with E-state index in [1.54, 1.807) is 36.7 Å². The molecule has 0 spiro atoms. The lowest BCUT2D eigenvalue weighted by atomic mass is 10.2. The largest absolute Gasteiger partial charge is 0.497 e. The van der Waals surface area contributed by atoms with E-state index in [1.807, 2.05) is 12.1 Å². The van der Waals surface area contributed by atoms with Gasteiger partial charge in [0.15, 0.2) is 11.9 Å². The summed E-state index contributed by atoms with van der Waals surface area (Å²) in [5, 5.41) is 4.34. The van der Waals surface area contributed by atoms with Crippen LogP contribution in [0.2, 0.25) is 0 Å². The molecule has 0 aliphatic carbocycles. The SMILES string of the molecule is COC(=O)[C@@H]1C[NH+](Cn2nc(-c3ccc(OC)cc3OC)oc2=S)CCS1. The molecule has 1 fully saturated rings. The number of esters is 1. The summed E-state index contributed by atoms with van der Waals surface area (Å²) < 4.78 is 22.8. The number of thioether (sulfide) groups is 1. The Morgan fingerprint density at radius 2 is 2.22 bits per heavy atom. The Balaban J connectivity index is 1.79. The molecular weight excluding hydrogens is 390 g/mol. The summed E-state index contributed by atoms with van der Waals surface area (Å²) in [5.74, 6) is 2.33. The van der Waals surface area contributed by atoms with Gasteiger partial charge in [-0.25, -0.2) is 0 Å². The molecule has 10 heteroatoms. The zero-order valence-electron chi connectivity index (χ0n) is 15.4.